The van der Waals surface area contributed by atoms with E-state index in [0.717, 1.165) is 52.1 Å². The monoisotopic (exact) mass is 376 g/mol. The normalized spacial score (nSPS) is 16.2. The molecule has 0 radical (unpaired) electrons. The molecule has 0 spiro atoms. The van der Waals surface area contributed by atoms with Crippen LogP contribution in [-0.2, 0) is 17.8 Å². The van der Waals surface area contributed by atoms with Crippen LogP contribution >= 0.6 is 0 Å². The number of aryl methyl sites for hydroxylation is 2. The van der Waals surface area contributed by atoms with Crippen LogP contribution in [-0.4, -0.2) is 29.0 Å². The molecule has 1 amide bonds. The van der Waals surface area contributed by atoms with Crippen LogP contribution in [0.4, 0.5) is 5.82 Å². The molecule has 144 valence electrons. The molecule has 0 bridgehead atoms. The second kappa shape index (κ2) is 7.48. The number of carbonyl (C=O) groups is 1. The molecule has 1 unspecified atom stereocenters. The summed E-state index contributed by atoms with van der Waals surface area (Å²) in [4.78, 5) is 18.7. The van der Waals surface area contributed by atoms with Gasteiger partial charge in [-0.05, 0) is 49.1 Å². The van der Waals surface area contributed by atoms with E-state index in [2.05, 4.69) is 16.4 Å². The third-order valence-electron chi connectivity index (χ3n) is 5.12. The molecule has 0 saturated heterocycles. The number of likely N-dealkylation sites (N-methyl/N-ethyl adjacent to an activating group) is 1. The number of pyridine rings is 1. The minimum absolute atomic E-state index is 0.0425. The number of rotatable bonds is 4. The SMILES string of the molecule is Cc1oc2ccccc2c1CN(C)C(=O)/C=C/c1cnc2c(c1)CCC(N)N2. The zero-order chi connectivity index (χ0) is 19.7. The van der Waals surface area contributed by atoms with Crippen LogP contribution in [0.1, 0.15) is 28.9 Å². The van der Waals surface area contributed by atoms with E-state index in [1.165, 1.54) is 0 Å². The summed E-state index contributed by atoms with van der Waals surface area (Å²) < 4.78 is 5.79. The highest BCUT2D eigenvalue weighted by Crippen LogP contribution is 2.26. The summed E-state index contributed by atoms with van der Waals surface area (Å²) in [5.74, 6) is 1.61. The van der Waals surface area contributed by atoms with E-state index in [4.69, 9.17) is 10.2 Å². The van der Waals surface area contributed by atoms with Crippen molar-refractivity contribution in [2.24, 2.45) is 5.73 Å². The maximum atomic E-state index is 12.6. The van der Waals surface area contributed by atoms with Gasteiger partial charge in [-0.15, -0.1) is 0 Å². The van der Waals surface area contributed by atoms with Gasteiger partial charge in [0.1, 0.15) is 17.2 Å². The molecule has 3 aromatic rings. The van der Waals surface area contributed by atoms with Gasteiger partial charge < -0.3 is 20.4 Å². The minimum Gasteiger partial charge on any atom is -0.461 e. The van der Waals surface area contributed by atoms with E-state index in [1.54, 1.807) is 30.3 Å². The Morgan fingerprint density at radius 1 is 1.43 bits per heavy atom. The topological polar surface area (TPSA) is 84.4 Å². The maximum absolute atomic E-state index is 12.6. The van der Waals surface area contributed by atoms with E-state index in [9.17, 15) is 4.79 Å². The van der Waals surface area contributed by atoms with Crippen LogP contribution in [0, 0.1) is 6.92 Å². The number of amides is 1. The van der Waals surface area contributed by atoms with Crippen molar-refractivity contribution in [2.45, 2.75) is 32.5 Å². The fourth-order valence-electron chi connectivity index (χ4n) is 3.53. The summed E-state index contributed by atoms with van der Waals surface area (Å²) in [6.45, 7) is 2.43. The smallest absolute Gasteiger partial charge is 0.246 e. The van der Waals surface area contributed by atoms with Gasteiger partial charge in [0.25, 0.3) is 0 Å². The van der Waals surface area contributed by atoms with E-state index in [-0.39, 0.29) is 12.1 Å². The number of carbonyl (C=O) groups excluding carboxylic acids is 1. The highest BCUT2D eigenvalue weighted by atomic mass is 16.3. The number of fused-ring (bicyclic) bond motifs is 2. The second-order valence-electron chi connectivity index (χ2n) is 7.23. The van der Waals surface area contributed by atoms with Crippen molar-refractivity contribution in [3.63, 3.8) is 0 Å². The van der Waals surface area contributed by atoms with Crippen LogP contribution in [0.2, 0.25) is 0 Å². The highest BCUT2D eigenvalue weighted by molar-refractivity contribution is 5.92. The summed E-state index contributed by atoms with van der Waals surface area (Å²) >= 11 is 0. The van der Waals surface area contributed by atoms with Crippen molar-refractivity contribution < 1.29 is 9.21 Å². The molecule has 0 fully saturated rings. The molecule has 1 aromatic carbocycles. The summed E-state index contributed by atoms with van der Waals surface area (Å²) in [7, 11) is 1.80. The molecule has 0 aliphatic carbocycles. The van der Waals surface area contributed by atoms with Gasteiger partial charge in [0.15, 0.2) is 0 Å². The van der Waals surface area contributed by atoms with Crippen LogP contribution in [0.15, 0.2) is 47.0 Å². The van der Waals surface area contributed by atoms with Gasteiger partial charge in [-0.2, -0.15) is 0 Å². The Balaban J connectivity index is 1.46. The molecule has 6 heteroatoms. The molecule has 1 atom stereocenters. The highest BCUT2D eigenvalue weighted by Gasteiger charge is 2.16. The fraction of sp³-hybridized carbons (Fsp3) is 0.273. The van der Waals surface area contributed by atoms with Crippen LogP contribution < -0.4 is 11.1 Å². The number of para-hydroxylation sites is 1. The molecular formula is C22H24N4O2. The quantitative estimate of drug-likeness (QED) is 0.681. The summed E-state index contributed by atoms with van der Waals surface area (Å²) in [5, 5.41) is 4.22. The Labute approximate surface area is 164 Å². The lowest BCUT2D eigenvalue weighted by molar-refractivity contribution is -0.125. The van der Waals surface area contributed by atoms with Crippen molar-refractivity contribution in [3.8, 4) is 0 Å². The second-order valence-corrected chi connectivity index (χ2v) is 7.23. The molecule has 6 nitrogen and oxygen atoms in total. The van der Waals surface area contributed by atoms with Gasteiger partial charge >= 0.3 is 0 Å². The predicted octanol–water partition coefficient (Wildman–Crippen LogP) is 3.45. The average molecular weight is 376 g/mol. The van der Waals surface area contributed by atoms with Crippen LogP contribution in [0.3, 0.4) is 0 Å². The summed E-state index contributed by atoms with van der Waals surface area (Å²) in [6.07, 6.45) is 6.87. The van der Waals surface area contributed by atoms with Crippen molar-refractivity contribution in [1.29, 1.82) is 0 Å². The maximum Gasteiger partial charge on any atom is 0.246 e. The molecular weight excluding hydrogens is 352 g/mol. The molecule has 28 heavy (non-hydrogen) atoms. The van der Waals surface area contributed by atoms with Gasteiger partial charge in [0.05, 0.1) is 6.17 Å². The Morgan fingerprint density at radius 3 is 3.11 bits per heavy atom. The molecule has 1 aliphatic heterocycles. The molecule has 1 aliphatic rings. The lowest BCUT2D eigenvalue weighted by Gasteiger charge is -2.22. The molecule has 4 rings (SSSR count). The van der Waals surface area contributed by atoms with Crippen molar-refractivity contribution in [2.75, 3.05) is 12.4 Å². The number of nitrogens with two attached hydrogens (primary N) is 1. The molecule has 2 aromatic heterocycles. The number of aromatic nitrogens is 1. The lowest BCUT2D eigenvalue weighted by Crippen LogP contribution is -2.34. The fourth-order valence-corrected chi connectivity index (χ4v) is 3.53. The first-order chi connectivity index (χ1) is 13.5. The first-order valence-corrected chi connectivity index (χ1v) is 9.42. The summed E-state index contributed by atoms with van der Waals surface area (Å²) in [6, 6.07) is 9.95. The number of hydrogen-bond donors (Lipinski definition) is 2. The van der Waals surface area contributed by atoms with Crippen molar-refractivity contribution in [3.05, 3.63) is 65.1 Å². The number of furan rings is 1. The Hall–Kier alpha value is -3.12. The predicted molar refractivity (Wildman–Crippen MR) is 111 cm³/mol. The number of nitrogens with one attached hydrogen (secondary N) is 1. The molecule has 3 heterocycles. The molecule has 3 N–H and O–H groups in total. The minimum atomic E-state index is -0.0671. The van der Waals surface area contributed by atoms with Crippen molar-refractivity contribution in [1.82, 2.24) is 9.88 Å². The Kier molecular flexibility index (Phi) is 4.88. The number of benzene rings is 1. The van der Waals surface area contributed by atoms with Gasteiger partial charge in [0, 0.05) is 36.8 Å². The zero-order valence-corrected chi connectivity index (χ0v) is 16.1. The van der Waals surface area contributed by atoms with Crippen LogP contribution in [0.5, 0.6) is 0 Å². The number of anilines is 1. The molecule has 0 saturated carbocycles. The number of nitrogens with zero attached hydrogens (tertiary/aromatic N) is 2. The van der Waals surface area contributed by atoms with Crippen molar-refractivity contribution >= 4 is 28.8 Å². The lowest BCUT2D eigenvalue weighted by atomic mass is 10.0. The van der Waals surface area contributed by atoms with Gasteiger partial charge in [0.2, 0.25) is 5.91 Å². The third-order valence-corrected chi connectivity index (χ3v) is 5.12. The standard InChI is InChI=1S/C22H24N4O2/c1-14-18(17-5-3-4-6-19(17)28-14)13-26(2)21(27)10-7-15-11-16-8-9-20(23)25-22(16)24-12-15/h3-7,10-12,20H,8-9,13,23H2,1-2H3,(H,24,25)/b10-7+. The van der Waals surface area contributed by atoms with Gasteiger partial charge in [-0.3, -0.25) is 4.79 Å². The van der Waals surface area contributed by atoms with Gasteiger partial charge in [-0.25, -0.2) is 4.98 Å². The van der Waals surface area contributed by atoms with Crippen LogP contribution in [0.25, 0.3) is 17.0 Å². The first kappa shape index (κ1) is 18.3. The van der Waals surface area contributed by atoms with E-state index in [1.807, 2.05) is 31.2 Å². The number of hydrogen-bond acceptors (Lipinski definition) is 5. The average Bonchev–Trinajstić information content (AvgIpc) is 3.01. The zero-order valence-electron chi connectivity index (χ0n) is 16.1. The first-order valence-electron chi connectivity index (χ1n) is 9.42. The Bertz CT molecular complexity index is 1050. The third kappa shape index (κ3) is 3.64. The largest absolute Gasteiger partial charge is 0.461 e. The summed E-state index contributed by atoms with van der Waals surface area (Å²) in [5.41, 5.74) is 9.82. The van der Waals surface area contributed by atoms with E-state index >= 15 is 0 Å². The van der Waals surface area contributed by atoms with E-state index < -0.39 is 0 Å². The van der Waals surface area contributed by atoms with Gasteiger partial charge in [-0.1, -0.05) is 18.2 Å². The Morgan fingerprint density at radius 2 is 2.25 bits per heavy atom. The van der Waals surface area contributed by atoms with E-state index in [0.29, 0.717) is 6.54 Å².